The van der Waals surface area contributed by atoms with Gasteiger partial charge in [0, 0.05) is 24.9 Å². The second-order valence-corrected chi connectivity index (χ2v) is 6.44. The Morgan fingerprint density at radius 1 is 1.14 bits per heavy atom. The van der Waals surface area contributed by atoms with Crippen LogP contribution in [0.15, 0.2) is 53.3 Å². The van der Waals surface area contributed by atoms with Crippen LogP contribution < -0.4 is 21.3 Å². The molecule has 0 saturated carbocycles. The van der Waals surface area contributed by atoms with Crippen molar-refractivity contribution in [3.05, 3.63) is 70.0 Å². The number of benzene rings is 2. The van der Waals surface area contributed by atoms with Crippen molar-refractivity contribution >= 4 is 22.7 Å². The maximum Gasteiger partial charge on any atom is 0.267 e. The molecule has 4 N–H and O–H groups in total. The lowest BCUT2D eigenvalue weighted by molar-refractivity contribution is -0.118. The molecule has 8 nitrogen and oxygen atoms in total. The summed E-state index contributed by atoms with van der Waals surface area (Å²) in [6, 6.07) is 13.7. The van der Waals surface area contributed by atoms with E-state index in [0.717, 1.165) is 5.56 Å². The number of hydrogen-bond acceptors (Lipinski definition) is 5. The van der Waals surface area contributed by atoms with Crippen molar-refractivity contribution in [1.29, 1.82) is 0 Å². The van der Waals surface area contributed by atoms with E-state index in [1.165, 1.54) is 4.57 Å². The molecule has 150 valence electrons. The Bertz CT molecular complexity index is 1120. The SMILES string of the molecule is COc1ccc(CNC(=O)c2c(O)c3ccccc3n(CCC(N)=O)c2=O)cc1. The molecule has 0 aliphatic rings. The molecule has 0 aliphatic heterocycles. The van der Waals surface area contributed by atoms with E-state index in [4.69, 9.17) is 10.5 Å². The highest BCUT2D eigenvalue weighted by Crippen LogP contribution is 2.26. The summed E-state index contributed by atoms with van der Waals surface area (Å²) in [4.78, 5) is 36.8. The van der Waals surface area contributed by atoms with Gasteiger partial charge in [-0.25, -0.2) is 0 Å². The van der Waals surface area contributed by atoms with Crippen molar-refractivity contribution in [1.82, 2.24) is 9.88 Å². The van der Waals surface area contributed by atoms with Gasteiger partial charge in [-0.15, -0.1) is 0 Å². The van der Waals surface area contributed by atoms with Crippen LogP contribution in [-0.2, 0) is 17.9 Å². The van der Waals surface area contributed by atoms with E-state index in [-0.39, 0.29) is 25.1 Å². The van der Waals surface area contributed by atoms with Gasteiger partial charge in [-0.2, -0.15) is 0 Å². The lowest BCUT2D eigenvalue weighted by atomic mass is 10.1. The molecule has 0 spiro atoms. The van der Waals surface area contributed by atoms with Crippen molar-refractivity contribution in [3.8, 4) is 11.5 Å². The number of methoxy groups -OCH3 is 1. The van der Waals surface area contributed by atoms with Crippen molar-refractivity contribution in [2.24, 2.45) is 5.73 Å². The monoisotopic (exact) mass is 395 g/mol. The van der Waals surface area contributed by atoms with Gasteiger partial charge < -0.3 is 25.5 Å². The van der Waals surface area contributed by atoms with E-state index in [2.05, 4.69) is 5.32 Å². The maximum atomic E-state index is 12.9. The number of nitrogens with zero attached hydrogens (tertiary/aromatic N) is 1. The van der Waals surface area contributed by atoms with Gasteiger partial charge in [-0.1, -0.05) is 24.3 Å². The minimum atomic E-state index is -0.707. The Labute approximate surface area is 166 Å². The molecule has 29 heavy (non-hydrogen) atoms. The average molecular weight is 395 g/mol. The standard InChI is InChI=1S/C21H21N3O5/c1-29-14-8-6-13(7-9-14)12-23-20(27)18-19(26)15-4-2-3-5-16(15)24(21(18)28)11-10-17(22)25/h2-9,26H,10-12H2,1H3,(H2,22,25)(H,23,27). The highest BCUT2D eigenvalue weighted by atomic mass is 16.5. The number of para-hydroxylation sites is 1. The van der Waals surface area contributed by atoms with Gasteiger partial charge in [0.25, 0.3) is 11.5 Å². The Hall–Kier alpha value is -3.81. The third-order valence-electron chi connectivity index (χ3n) is 4.57. The minimum Gasteiger partial charge on any atom is -0.506 e. The highest BCUT2D eigenvalue weighted by Gasteiger charge is 2.22. The fourth-order valence-electron chi connectivity index (χ4n) is 3.05. The normalized spacial score (nSPS) is 10.7. The zero-order chi connectivity index (χ0) is 21.0. The van der Waals surface area contributed by atoms with Crippen LogP contribution in [0.2, 0.25) is 0 Å². The minimum absolute atomic E-state index is 0.00766. The first-order chi connectivity index (χ1) is 13.9. The molecule has 2 amide bonds. The summed E-state index contributed by atoms with van der Waals surface area (Å²) in [5.74, 6) is -0.987. The average Bonchev–Trinajstić information content (AvgIpc) is 2.72. The van der Waals surface area contributed by atoms with Gasteiger partial charge in [0.05, 0.1) is 12.6 Å². The number of hydrogen-bond donors (Lipinski definition) is 3. The molecule has 0 atom stereocenters. The van der Waals surface area contributed by atoms with Crippen LogP contribution in [-0.4, -0.2) is 28.6 Å². The summed E-state index contributed by atoms with van der Waals surface area (Å²) < 4.78 is 6.37. The van der Waals surface area contributed by atoms with Crippen LogP contribution in [0.25, 0.3) is 10.9 Å². The number of aryl methyl sites for hydroxylation is 1. The number of carbonyl (C=O) groups excluding carboxylic acids is 2. The lowest BCUT2D eigenvalue weighted by Gasteiger charge is -2.14. The van der Waals surface area contributed by atoms with E-state index in [9.17, 15) is 19.5 Å². The van der Waals surface area contributed by atoms with Gasteiger partial charge in [-0.05, 0) is 29.8 Å². The van der Waals surface area contributed by atoms with E-state index < -0.39 is 23.1 Å². The predicted octanol–water partition coefficient (Wildman–Crippen LogP) is 1.52. The highest BCUT2D eigenvalue weighted by molar-refractivity contribution is 6.02. The number of pyridine rings is 1. The first-order valence-corrected chi connectivity index (χ1v) is 8.96. The molecule has 3 aromatic rings. The van der Waals surface area contributed by atoms with Crippen molar-refractivity contribution in [3.63, 3.8) is 0 Å². The molecular weight excluding hydrogens is 374 g/mol. The number of amides is 2. The summed E-state index contributed by atoms with van der Waals surface area (Å²) >= 11 is 0. The quantitative estimate of drug-likeness (QED) is 0.560. The molecule has 2 aromatic carbocycles. The maximum absolute atomic E-state index is 12.9. The Morgan fingerprint density at radius 2 is 1.83 bits per heavy atom. The van der Waals surface area contributed by atoms with Crippen LogP contribution in [0.1, 0.15) is 22.3 Å². The summed E-state index contributed by atoms with van der Waals surface area (Å²) in [6.07, 6.45) is -0.0679. The molecule has 8 heteroatoms. The Morgan fingerprint density at radius 3 is 2.48 bits per heavy atom. The Balaban J connectivity index is 1.95. The van der Waals surface area contributed by atoms with E-state index in [0.29, 0.717) is 16.7 Å². The summed E-state index contributed by atoms with van der Waals surface area (Å²) in [7, 11) is 1.56. The number of fused-ring (bicyclic) bond motifs is 1. The second kappa shape index (κ2) is 8.47. The number of carbonyl (C=O) groups is 2. The number of ether oxygens (including phenoxy) is 1. The number of rotatable bonds is 7. The zero-order valence-corrected chi connectivity index (χ0v) is 15.8. The van der Waals surface area contributed by atoms with E-state index >= 15 is 0 Å². The van der Waals surface area contributed by atoms with Crippen LogP contribution in [0.4, 0.5) is 0 Å². The van der Waals surface area contributed by atoms with Crippen molar-refractivity contribution in [2.45, 2.75) is 19.5 Å². The van der Waals surface area contributed by atoms with Crippen LogP contribution in [0.5, 0.6) is 11.5 Å². The molecule has 1 aromatic heterocycles. The molecule has 0 aliphatic carbocycles. The third kappa shape index (κ3) is 4.21. The topological polar surface area (TPSA) is 124 Å². The van der Waals surface area contributed by atoms with Crippen LogP contribution in [0.3, 0.4) is 0 Å². The first kappa shape index (κ1) is 19.9. The number of aromatic hydroxyl groups is 1. The fourth-order valence-corrected chi connectivity index (χ4v) is 3.05. The smallest absolute Gasteiger partial charge is 0.267 e. The molecule has 0 saturated heterocycles. The number of primary amides is 1. The van der Waals surface area contributed by atoms with Crippen LogP contribution in [0, 0.1) is 0 Å². The molecular formula is C21H21N3O5. The largest absolute Gasteiger partial charge is 0.506 e. The van der Waals surface area contributed by atoms with Gasteiger partial charge in [-0.3, -0.25) is 14.4 Å². The molecule has 0 unspecified atom stereocenters. The summed E-state index contributed by atoms with van der Waals surface area (Å²) in [6.45, 7) is 0.170. The summed E-state index contributed by atoms with van der Waals surface area (Å²) in [5.41, 5.74) is 5.36. The van der Waals surface area contributed by atoms with Gasteiger partial charge >= 0.3 is 0 Å². The van der Waals surface area contributed by atoms with E-state index in [1.54, 1.807) is 55.6 Å². The van der Waals surface area contributed by atoms with Crippen molar-refractivity contribution < 1.29 is 19.4 Å². The van der Waals surface area contributed by atoms with Gasteiger partial charge in [0.2, 0.25) is 5.91 Å². The summed E-state index contributed by atoms with van der Waals surface area (Å²) in [5, 5.41) is 13.6. The molecule has 1 heterocycles. The molecule has 0 fully saturated rings. The number of nitrogens with one attached hydrogen (secondary N) is 1. The predicted molar refractivity (Wildman–Crippen MR) is 108 cm³/mol. The number of nitrogens with two attached hydrogens (primary N) is 1. The first-order valence-electron chi connectivity index (χ1n) is 8.96. The second-order valence-electron chi connectivity index (χ2n) is 6.44. The lowest BCUT2D eigenvalue weighted by Crippen LogP contribution is -2.34. The van der Waals surface area contributed by atoms with Gasteiger partial charge in [0.15, 0.2) is 0 Å². The van der Waals surface area contributed by atoms with Gasteiger partial charge in [0.1, 0.15) is 17.1 Å². The third-order valence-corrected chi connectivity index (χ3v) is 4.57. The van der Waals surface area contributed by atoms with Crippen LogP contribution >= 0.6 is 0 Å². The molecule has 0 radical (unpaired) electrons. The Kier molecular flexibility index (Phi) is 5.82. The molecule has 3 rings (SSSR count). The molecule has 0 bridgehead atoms. The fraction of sp³-hybridized carbons (Fsp3) is 0.190. The zero-order valence-electron chi connectivity index (χ0n) is 15.8. The van der Waals surface area contributed by atoms with E-state index in [1.807, 2.05) is 0 Å². The number of aromatic nitrogens is 1. The van der Waals surface area contributed by atoms with Crippen molar-refractivity contribution in [2.75, 3.05) is 7.11 Å².